The van der Waals surface area contributed by atoms with Crippen molar-refractivity contribution in [2.45, 2.75) is 20.1 Å². The van der Waals surface area contributed by atoms with Gasteiger partial charge in [0, 0.05) is 18.2 Å². The van der Waals surface area contributed by atoms with Crippen molar-refractivity contribution in [3.05, 3.63) is 41.4 Å². The summed E-state index contributed by atoms with van der Waals surface area (Å²) in [6, 6.07) is 11.7. The fourth-order valence-corrected chi connectivity index (χ4v) is 2.15. The number of hydrogen-bond acceptors (Lipinski definition) is 3. The summed E-state index contributed by atoms with van der Waals surface area (Å²) in [5.41, 5.74) is 0. The van der Waals surface area contributed by atoms with E-state index in [2.05, 4.69) is 0 Å². The Bertz CT molecular complexity index is 550. The summed E-state index contributed by atoms with van der Waals surface area (Å²) in [6.45, 7) is 5.44. The molecule has 0 saturated carbocycles. The molecule has 0 bridgehead atoms. The van der Waals surface area contributed by atoms with Gasteiger partial charge in [-0.1, -0.05) is 23.7 Å². The van der Waals surface area contributed by atoms with E-state index < -0.39 is 0 Å². The van der Waals surface area contributed by atoms with Crippen LogP contribution in [0.1, 0.15) is 13.8 Å². The summed E-state index contributed by atoms with van der Waals surface area (Å²) < 4.78 is 16.6. The summed E-state index contributed by atoms with van der Waals surface area (Å²) in [4.78, 5) is 0. The molecule has 0 aliphatic heterocycles. The molecule has 3 nitrogen and oxygen atoms in total. The van der Waals surface area contributed by atoms with E-state index in [1.54, 1.807) is 0 Å². The highest BCUT2D eigenvalue weighted by molar-refractivity contribution is 6.31. The van der Waals surface area contributed by atoms with Gasteiger partial charge in [0.25, 0.3) is 0 Å². The van der Waals surface area contributed by atoms with Crippen molar-refractivity contribution in [2.75, 3.05) is 19.8 Å². The molecule has 0 aliphatic rings. The molecule has 0 unspecified atom stereocenters. The molecular formula is C16H19ClO3. The zero-order valence-corrected chi connectivity index (χ0v) is 12.5. The lowest BCUT2D eigenvalue weighted by molar-refractivity contribution is -0.152. The van der Waals surface area contributed by atoms with Crippen LogP contribution < -0.4 is 4.74 Å². The van der Waals surface area contributed by atoms with E-state index >= 15 is 0 Å². The number of benzene rings is 2. The summed E-state index contributed by atoms with van der Waals surface area (Å²) in [6.07, 6.45) is -0.333. The van der Waals surface area contributed by atoms with Gasteiger partial charge in [-0.15, -0.1) is 0 Å². The van der Waals surface area contributed by atoms with Crippen LogP contribution in [0.2, 0.25) is 5.02 Å². The van der Waals surface area contributed by atoms with E-state index in [0.29, 0.717) is 19.8 Å². The van der Waals surface area contributed by atoms with E-state index in [1.165, 1.54) is 0 Å². The lowest BCUT2D eigenvalue weighted by Crippen LogP contribution is -2.25. The molecule has 4 heteroatoms. The molecule has 0 aliphatic carbocycles. The molecule has 0 radical (unpaired) electrons. The second kappa shape index (κ2) is 7.48. The summed E-state index contributed by atoms with van der Waals surface area (Å²) in [7, 11) is 0. The Morgan fingerprint density at radius 3 is 2.35 bits per heavy atom. The molecule has 0 aromatic heterocycles. The van der Waals surface area contributed by atoms with Gasteiger partial charge in [0.05, 0.1) is 0 Å². The Kier molecular flexibility index (Phi) is 5.65. The first-order valence-corrected chi connectivity index (χ1v) is 7.16. The Balaban J connectivity index is 2.05. The van der Waals surface area contributed by atoms with Crippen LogP contribution >= 0.6 is 11.6 Å². The van der Waals surface area contributed by atoms with Gasteiger partial charge in [-0.25, -0.2) is 0 Å². The molecule has 0 fully saturated rings. The number of rotatable bonds is 7. The predicted molar refractivity (Wildman–Crippen MR) is 81.5 cm³/mol. The molecule has 0 heterocycles. The van der Waals surface area contributed by atoms with Crippen molar-refractivity contribution in [1.82, 2.24) is 0 Å². The Morgan fingerprint density at radius 1 is 0.950 bits per heavy atom. The zero-order chi connectivity index (χ0) is 14.4. The zero-order valence-electron chi connectivity index (χ0n) is 11.8. The van der Waals surface area contributed by atoms with Crippen LogP contribution in [0, 0.1) is 0 Å². The second-order valence-corrected chi connectivity index (χ2v) is 4.74. The van der Waals surface area contributed by atoms with Gasteiger partial charge in [0.2, 0.25) is 0 Å². The minimum atomic E-state index is -0.333. The lowest BCUT2D eigenvalue weighted by Gasteiger charge is -2.17. The topological polar surface area (TPSA) is 27.7 Å². The third-order valence-corrected chi connectivity index (χ3v) is 3.10. The number of hydrogen-bond donors (Lipinski definition) is 0. The average molecular weight is 295 g/mol. The highest BCUT2D eigenvalue weighted by Gasteiger charge is 2.09. The van der Waals surface area contributed by atoms with Gasteiger partial charge in [0.15, 0.2) is 6.29 Å². The van der Waals surface area contributed by atoms with Crippen molar-refractivity contribution in [3.8, 4) is 5.75 Å². The fourth-order valence-electron chi connectivity index (χ4n) is 1.97. The molecule has 0 N–H and O–H groups in total. The van der Waals surface area contributed by atoms with Crippen molar-refractivity contribution in [3.63, 3.8) is 0 Å². The van der Waals surface area contributed by atoms with E-state index in [0.717, 1.165) is 21.5 Å². The number of halogens is 1. The molecule has 0 atom stereocenters. The first-order valence-electron chi connectivity index (χ1n) is 6.78. The third-order valence-electron chi connectivity index (χ3n) is 2.86. The van der Waals surface area contributed by atoms with Gasteiger partial charge >= 0.3 is 0 Å². The monoisotopic (exact) mass is 294 g/mol. The SMILES string of the molecule is CCOC(COc1ccc2ccc(Cl)cc2c1)OCC. The lowest BCUT2D eigenvalue weighted by atomic mass is 10.1. The molecular weight excluding hydrogens is 276 g/mol. The van der Waals surface area contributed by atoms with Crippen molar-refractivity contribution < 1.29 is 14.2 Å². The largest absolute Gasteiger partial charge is 0.488 e. The van der Waals surface area contributed by atoms with Crippen LogP contribution in [0.3, 0.4) is 0 Å². The van der Waals surface area contributed by atoms with Crippen LogP contribution in [-0.4, -0.2) is 26.1 Å². The summed E-state index contributed by atoms with van der Waals surface area (Å²) in [5, 5.41) is 2.91. The molecule has 0 spiro atoms. The smallest absolute Gasteiger partial charge is 0.191 e. The van der Waals surface area contributed by atoms with Crippen molar-refractivity contribution >= 4 is 22.4 Å². The number of fused-ring (bicyclic) bond motifs is 1. The van der Waals surface area contributed by atoms with E-state index in [9.17, 15) is 0 Å². The van der Waals surface area contributed by atoms with Gasteiger partial charge in [-0.2, -0.15) is 0 Å². The van der Waals surface area contributed by atoms with Crippen LogP contribution in [-0.2, 0) is 9.47 Å². The highest BCUT2D eigenvalue weighted by Crippen LogP contribution is 2.24. The molecule has 0 saturated heterocycles. The molecule has 108 valence electrons. The van der Waals surface area contributed by atoms with Crippen LogP contribution in [0.15, 0.2) is 36.4 Å². The van der Waals surface area contributed by atoms with E-state index in [-0.39, 0.29) is 6.29 Å². The Morgan fingerprint density at radius 2 is 1.65 bits per heavy atom. The fraction of sp³-hybridized carbons (Fsp3) is 0.375. The van der Waals surface area contributed by atoms with Gasteiger partial charge in [0.1, 0.15) is 12.4 Å². The van der Waals surface area contributed by atoms with Gasteiger partial charge < -0.3 is 14.2 Å². The molecule has 20 heavy (non-hydrogen) atoms. The van der Waals surface area contributed by atoms with Crippen LogP contribution in [0.5, 0.6) is 5.75 Å². The summed E-state index contributed by atoms with van der Waals surface area (Å²) >= 11 is 6.00. The minimum absolute atomic E-state index is 0.333. The maximum absolute atomic E-state index is 6.00. The highest BCUT2D eigenvalue weighted by atomic mass is 35.5. The van der Waals surface area contributed by atoms with Gasteiger partial charge in [-0.3, -0.25) is 0 Å². The first kappa shape index (κ1) is 15.1. The van der Waals surface area contributed by atoms with E-state index in [1.807, 2.05) is 50.2 Å². The standard InChI is InChI=1S/C16H19ClO3/c1-3-18-16(19-4-2)11-20-15-8-6-12-5-7-14(17)9-13(12)10-15/h5-10,16H,3-4,11H2,1-2H3. The predicted octanol–water partition coefficient (Wildman–Crippen LogP) is 4.27. The molecule has 2 aromatic carbocycles. The maximum atomic E-state index is 6.00. The van der Waals surface area contributed by atoms with Crippen molar-refractivity contribution in [2.24, 2.45) is 0 Å². The molecule has 2 aromatic rings. The minimum Gasteiger partial charge on any atom is -0.488 e. The van der Waals surface area contributed by atoms with Crippen LogP contribution in [0.4, 0.5) is 0 Å². The average Bonchev–Trinajstić information content (AvgIpc) is 2.44. The Hall–Kier alpha value is -1.29. The quantitative estimate of drug-likeness (QED) is 0.714. The van der Waals surface area contributed by atoms with E-state index in [4.69, 9.17) is 25.8 Å². The normalized spacial score (nSPS) is 11.2. The molecule has 0 amide bonds. The summed E-state index contributed by atoms with van der Waals surface area (Å²) in [5.74, 6) is 0.782. The van der Waals surface area contributed by atoms with Gasteiger partial charge in [-0.05, 0) is 48.9 Å². The third kappa shape index (κ3) is 4.10. The second-order valence-electron chi connectivity index (χ2n) is 4.30. The Labute approximate surface area is 124 Å². The van der Waals surface area contributed by atoms with Crippen LogP contribution in [0.25, 0.3) is 10.8 Å². The first-order chi connectivity index (χ1) is 9.72. The van der Waals surface area contributed by atoms with Crippen molar-refractivity contribution in [1.29, 1.82) is 0 Å². The molecule has 2 rings (SSSR count). The number of ether oxygens (including phenoxy) is 3. The maximum Gasteiger partial charge on any atom is 0.191 e.